The molecule has 0 fully saturated rings. The monoisotopic (exact) mass is 361 g/mol. The first-order chi connectivity index (χ1) is 12.4. The lowest BCUT2D eigenvalue weighted by atomic mass is 10.3. The summed E-state index contributed by atoms with van der Waals surface area (Å²) in [5, 5.41) is 7.12. The van der Waals surface area contributed by atoms with Crippen LogP contribution in [0.1, 0.15) is 13.8 Å². The number of rotatable bonds is 6. The van der Waals surface area contributed by atoms with E-state index in [1.54, 1.807) is 12.3 Å². The molecule has 0 saturated heterocycles. The maximum absolute atomic E-state index is 13.4. The van der Waals surface area contributed by atoms with E-state index < -0.39 is 11.6 Å². The van der Waals surface area contributed by atoms with Gasteiger partial charge in [0.15, 0.2) is 0 Å². The Kier molecular flexibility index (Phi) is 4.97. The van der Waals surface area contributed by atoms with Crippen molar-refractivity contribution in [2.75, 3.05) is 12.4 Å². The van der Waals surface area contributed by atoms with Gasteiger partial charge in [-0.1, -0.05) is 0 Å². The van der Waals surface area contributed by atoms with Crippen molar-refractivity contribution in [1.82, 2.24) is 19.7 Å². The molecule has 0 radical (unpaired) electrons. The van der Waals surface area contributed by atoms with Gasteiger partial charge in [0.1, 0.15) is 29.4 Å². The molecular formula is C17H17F2N5O2. The Bertz CT molecular complexity index is 894. The van der Waals surface area contributed by atoms with Gasteiger partial charge in [-0.25, -0.2) is 18.4 Å². The van der Waals surface area contributed by atoms with Crippen molar-refractivity contribution < 1.29 is 18.3 Å². The van der Waals surface area contributed by atoms with Crippen molar-refractivity contribution in [3.8, 4) is 17.3 Å². The highest BCUT2D eigenvalue weighted by molar-refractivity contribution is 5.61. The molecule has 2 heterocycles. The van der Waals surface area contributed by atoms with E-state index in [9.17, 15) is 8.78 Å². The highest BCUT2D eigenvalue weighted by atomic mass is 19.1. The second-order valence-corrected chi connectivity index (χ2v) is 5.66. The predicted molar refractivity (Wildman–Crippen MR) is 91.1 cm³/mol. The number of pyridine rings is 1. The molecular weight excluding hydrogens is 344 g/mol. The van der Waals surface area contributed by atoms with E-state index in [0.29, 0.717) is 17.3 Å². The molecule has 0 unspecified atom stereocenters. The van der Waals surface area contributed by atoms with Crippen LogP contribution in [0.25, 0.3) is 5.69 Å². The van der Waals surface area contributed by atoms with E-state index in [2.05, 4.69) is 20.4 Å². The zero-order chi connectivity index (χ0) is 18.7. The molecule has 0 amide bonds. The summed E-state index contributed by atoms with van der Waals surface area (Å²) in [6.07, 6.45) is 2.87. The van der Waals surface area contributed by atoms with Crippen LogP contribution in [0.4, 0.5) is 20.4 Å². The van der Waals surface area contributed by atoms with Gasteiger partial charge in [0.05, 0.1) is 25.1 Å². The van der Waals surface area contributed by atoms with Gasteiger partial charge in [-0.15, -0.1) is 5.10 Å². The summed E-state index contributed by atoms with van der Waals surface area (Å²) < 4.78 is 38.8. The number of anilines is 2. The number of benzene rings is 1. The fourth-order valence-corrected chi connectivity index (χ4v) is 2.26. The summed E-state index contributed by atoms with van der Waals surface area (Å²) in [4.78, 5) is 8.25. The minimum atomic E-state index is -0.700. The molecule has 3 aromatic rings. The van der Waals surface area contributed by atoms with E-state index in [-0.39, 0.29) is 17.7 Å². The molecule has 136 valence electrons. The van der Waals surface area contributed by atoms with E-state index in [4.69, 9.17) is 9.47 Å². The van der Waals surface area contributed by atoms with Crippen LogP contribution in [0.15, 0.2) is 36.8 Å². The number of nitrogens with one attached hydrogen (secondary N) is 1. The number of ether oxygens (including phenoxy) is 2. The number of methoxy groups -OCH3 is 1. The Morgan fingerprint density at radius 2 is 1.81 bits per heavy atom. The third kappa shape index (κ3) is 4.05. The largest absolute Gasteiger partial charge is 0.489 e. The maximum Gasteiger partial charge on any atom is 0.247 e. The molecule has 9 heteroatoms. The maximum atomic E-state index is 13.4. The van der Waals surface area contributed by atoms with Crippen LogP contribution in [0.2, 0.25) is 0 Å². The SMILES string of the molecule is COc1ncc(OC(C)C)cc1Nc1ncn(-c2cc(F)cc(F)c2)n1. The van der Waals surface area contributed by atoms with Gasteiger partial charge < -0.3 is 14.8 Å². The molecule has 0 atom stereocenters. The normalized spacial score (nSPS) is 10.8. The summed E-state index contributed by atoms with van der Waals surface area (Å²) in [7, 11) is 1.48. The van der Waals surface area contributed by atoms with E-state index >= 15 is 0 Å². The fraction of sp³-hybridized carbons (Fsp3) is 0.235. The molecule has 26 heavy (non-hydrogen) atoms. The van der Waals surface area contributed by atoms with Gasteiger partial charge in [0.2, 0.25) is 11.8 Å². The van der Waals surface area contributed by atoms with Crippen molar-refractivity contribution in [1.29, 1.82) is 0 Å². The summed E-state index contributed by atoms with van der Waals surface area (Å²) in [5.74, 6) is -0.315. The lowest BCUT2D eigenvalue weighted by molar-refractivity contribution is 0.241. The molecule has 3 rings (SSSR count). The topological polar surface area (TPSA) is 74.1 Å². The van der Waals surface area contributed by atoms with Gasteiger partial charge >= 0.3 is 0 Å². The molecule has 0 aliphatic rings. The van der Waals surface area contributed by atoms with Crippen molar-refractivity contribution in [3.05, 3.63) is 48.4 Å². The van der Waals surface area contributed by atoms with Crippen molar-refractivity contribution in [3.63, 3.8) is 0 Å². The Balaban J connectivity index is 1.86. The van der Waals surface area contributed by atoms with Crippen LogP contribution in [0.3, 0.4) is 0 Å². The van der Waals surface area contributed by atoms with Crippen molar-refractivity contribution >= 4 is 11.6 Å². The second-order valence-electron chi connectivity index (χ2n) is 5.66. The Hall–Kier alpha value is -3.23. The van der Waals surface area contributed by atoms with Gasteiger partial charge in [0.25, 0.3) is 0 Å². The first kappa shape index (κ1) is 17.6. The lowest BCUT2D eigenvalue weighted by Gasteiger charge is -2.12. The number of nitrogens with zero attached hydrogens (tertiary/aromatic N) is 4. The van der Waals surface area contributed by atoms with Gasteiger partial charge in [-0.2, -0.15) is 4.98 Å². The van der Waals surface area contributed by atoms with Crippen LogP contribution in [0.5, 0.6) is 11.6 Å². The van der Waals surface area contributed by atoms with Crippen molar-refractivity contribution in [2.45, 2.75) is 20.0 Å². The zero-order valence-electron chi connectivity index (χ0n) is 14.4. The second kappa shape index (κ2) is 7.34. The summed E-state index contributed by atoms with van der Waals surface area (Å²) in [6, 6.07) is 4.80. The summed E-state index contributed by atoms with van der Waals surface area (Å²) >= 11 is 0. The van der Waals surface area contributed by atoms with Crippen molar-refractivity contribution in [2.24, 2.45) is 0 Å². The average molecular weight is 361 g/mol. The molecule has 7 nitrogen and oxygen atoms in total. The van der Waals surface area contributed by atoms with Crippen LogP contribution < -0.4 is 14.8 Å². The number of hydrogen-bond donors (Lipinski definition) is 1. The Labute approximate surface area is 148 Å². The zero-order valence-corrected chi connectivity index (χ0v) is 14.4. The molecule has 0 aliphatic carbocycles. The van der Waals surface area contributed by atoms with Crippen LogP contribution in [-0.4, -0.2) is 33.0 Å². The fourth-order valence-electron chi connectivity index (χ4n) is 2.26. The van der Waals surface area contributed by atoms with E-state index in [1.807, 2.05) is 13.8 Å². The van der Waals surface area contributed by atoms with Gasteiger partial charge in [0, 0.05) is 12.1 Å². The summed E-state index contributed by atoms with van der Waals surface area (Å²) in [5.41, 5.74) is 0.707. The number of aromatic nitrogens is 4. The van der Waals surface area contributed by atoms with Gasteiger partial charge in [-0.3, -0.25) is 0 Å². The van der Waals surface area contributed by atoms with Gasteiger partial charge in [-0.05, 0) is 26.0 Å². The van der Waals surface area contributed by atoms with Crippen LogP contribution >= 0.6 is 0 Å². The minimum Gasteiger partial charge on any atom is -0.489 e. The van der Waals surface area contributed by atoms with Crippen LogP contribution in [0, 0.1) is 11.6 Å². The lowest BCUT2D eigenvalue weighted by Crippen LogP contribution is -2.07. The minimum absolute atomic E-state index is 0.0155. The molecule has 1 N–H and O–H groups in total. The molecule has 0 aliphatic heterocycles. The highest BCUT2D eigenvalue weighted by Gasteiger charge is 2.12. The standard InChI is InChI=1S/C17H17F2N5O2/c1-10(2)26-14-7-15(16(25-3)20-8-14)22-17-21-9-24(23-17)13-5-11(18)4-12(19)6-13/h4-10H,1-3H3,(H,22,23). The summed E-state index contributed by atoms with van der Waals surface area (Å²) in [6.45, 7) is 3.80. The molecule has 0 saturated carbocycles. The third-order valence-electron chi connectivity index (χ3n) is 3.24. The first-order valence-corrected chi connectivity index (χ1v) is 7.80. The average Bonchev–Trinajstić information content (AvgIpc) is 3.02. The predicted octanol–water partition coefficient (Wildman–Crippen LogP) is 3.48. The number of hydrogen-bond acceptors (Lipinski definition) is 6. The third-order valence-corrected chi connectivity index (χ3v) is 3.24. The molecule has 1 aromatic carbocycles. The molecule has 0 bridgehead atoms. The van der Waals surface area contributed by atoms with E-state index in [1.165, 1.54) is 18.1 Å². The molecule has 0 spiro atoms. The Morgan fingerprint density at radius 1 is 1.08 bits per heavy atom. The van der Waals surface area contributed by atoms with E-state index in [0.717, 1.165) is 18.2 Å². The first-order valence-electron chi connectivity index (χ1n) is 7.80. The smallest absolute Gasteiger partial charge is 0.247 e. The quantitative estimate of drug-likeness (QED) is 0.725. The molecule has 2 aromatic heterocycles. The highest BCUT2D eigenvalue weighted by Crippen LogP contribution is 2.28. The van der Waals surface area contributed by atoms with Crippen LogP contribution in [-0.2, 0) is 0 Å². The number of halogens is 2. The Morgan fingerprint density at radius 3 is 2.46 bits per heavy atom.